The SMILES string of the molecule is CC(C)(C)OC(=O)n1c(-c2ccc(-c3cnco3)cc2)nc2ncc(Br)cc21. The summed E-state index contributed by atoms with van der Waals surface area (Å²) in [6.45, 7) is 5.47. The highest BCUT2D eigenvalue weighted by molar-refractivity contribution is 9.10. The van der Waals surface area contributed by atoms with E-state index in [1.54, 1.807) is 18.5 Å². The lowest BCUT2D eigenvalue weighted by Crippen LogP contribution is -2.27. The second-order valence-corrected chi connectivity index (χ2v) is 8.11. The Labute approximate surface area is 169 Å². The highest BCUT2D eigenvalue weighted by Crippen LogP contribution is 2.29. The molecule has 7 nitrogen and oxygen atoms in total. The maximum Gasteiger partial charge on any atom is 0.420 e. The van der Waals surface area contributed by atoms with Gasteiger partial charge in [0.25, 0.3) is 0 Å². The third-order valence-electron chi connectivity index (χ3n) is 3.91. The van der Waals surface area contributed by atoms with Gasteiger partial charge in [-0.3, -0.25) is 0 Å². The first kappa shape index (κ1) is 18.4. The zero-order chi connectivity index (χ0) is 19.9. The van der Waals surface area contributed by atoms with Crippen LogP contribution in [0, 0.1) is 0 Å². The minimum atomic E-state index is -0.638. The molecule has 0 fully saturated rings. The highest BCUT2D eigenvalue weighted by atomic mass is 79.9. The summed E-state index contributed by atoms with van der Waals surface area (Å²) in [4.78, 5) is 25.7. The Morgan fingerprint density at radius 1 is 1.14 bits per heavy atom. The lowest BCUT2D eigenvalue weighted by atomic mass is 10.1. The molecular weight excluding hydrogens is 424 g/mol. The standard InChI is InChI=1S/C20H17BrN4O3/c1-20(2,3)28-19(26)25-15-8-14(21)9-23-17(15)24-18(25)13-6-4-12(5-7-13)16-10-22-11-27-16/h4-11H,1-3H3. The van der Waals surface area contributed by atoms with Crippen molar-refractivity contribution in [3.05, 3.63) is 53.6 Å². The fraction of sp³-hybridized carbons (Fsp3) is 0.200. The summed E-state index contributed by atoms with van der Waals surface area (Å²) >= 11 is 3.40. The average Bonchev–Trinajstić information content (AvgIpc) is 3.28. The number of hydrogen-bond donors (Lipinski definition) is 0. The Balaban J connectivity index is 1.84. The molecule has 0 bridgehead atoms. The van der Waals surface area contributed by atoms with Crippen LogP contribution in [0.25, 0.3) is 33.9 Å². The lowest BCUT2D eigenvalue weighted by Gasteiger charge is -2.20. The molecule has 0 aliphatic heterocycles. The molecule has 0 N–H and O–H groups in total. The van der Waals surface area contributed by atoms with Crippen LogP contribution in [0.5, 0.6) is 0 Å². The molecule has 0 saturated carbocycles. The van der Waals surface area contributed by atoms with Gasteiger partial charge < -0.3 is 9.15 Å². The van der Waals surface area contributed by atoms with E-state index in [1.807, 2.05) is 45.0 Å². The fourth-order valence-corrected chi connectivity index (χ4v) is 3.08. The van der Waals surface area contributed by atoms with Gasteiger partial charge in [0.05, 0.1) is 11.7 Å². The second-order valence-electron chi connectivity index (χ2n) is 7.19. The van der Waals surface area contributed by atoms with E-state index in [-0.39, 0.29) is 0 Å². The van der Waals surface area contributed by atoms with E-state index >= 15 is 0 Å². The summed E-state index contributed by atoms with van der Waals surface area (Å²) < 4.78 is 13.1. The van der Waals surface area contributed by atoms with Gasteiger partial charge in [-0.05, 0) is 42.8 Å². The quantitative estimate of drug-likeness (QED) is 0.420. The normalized spacial score (nSPS) is 11.7. The Kier molecular flexibility index (Phi) is 4.50. The first-order valence-electron chi connectivity index (χ1n) is 8.58. The number of rotatable bonds is 2. The number of oxazole rings is 1. The molecule has 0 saturated heterocycles. The molecule has 0 amide bonds. The van der Waals surface area contributed by atoms with Gasteiger partial charge in [0.15, 0.2) is 23.6 Å². The molecule has 0 unspecified atom stereocenters. The van der Waals surface area contributed by atoms with E-state index in [2.05, 4.69) is 30.9 Å². The Morgan fingerprint density at radius 2 is 1.86 bits per heavy atom. The Bertz CT molecular complexity index is 1140. The van der Waals surface area contributed by atoms with Gasteiger partial charge in [-0.2, -0.15) is 0 Å². The summed E-state index contributed by atoms with van der Waals surface area (Å²) in [6.07, 6.45) is 4.16. The molecular formula is C20H17BrN4O3. The molecule has 8 heteroatoms. The predicted molar refractivity (Wildman–Crippen MR) is 108 cm³/mol. The van der Waals surface area contributed by atoms with Crippen LogP contribution in [-0.4, -0.2) is 31.2 Å². The number of halogens is 1. The first-order valence-corrected chi connectivity index (χ1v) is 9.38. The van der Waals surface area contributed by atoms with Crippen molar-refractivity contribution in [1.82, 2.24) is 19.5 Å². The number of fused-ring (bicyclic) bond motifs is 1. The minimum Gasteiger partial charge on any atom is -0.444 e. The molecule has 1 aromatic carbocycles. The van der Waals surface area contributed by atoms with Crippen LogP contribution in [0.2, 0.25) is 0 Å². The van der Waals surface area contributed by atoms with Crippen LogP contribution < -0.4 is 0 Å². The number of aromatic nitrogens is 4. The van der Waals surface area contributed by atoms with Gasteiger partial charge in [-0.25, -0.2) is 24.3 Å². The van der Waals surface area contributed by atoms with Gasteiger partial charge in [0.1, 0.15) is 5.60 Å². The second kappa shape index (κ2) is 6.87. The zero-order valence-electron chi connectivity index (χ0n) is 15.5. The lowest BCUT2D eigenvalue weighted by molar-refractivity contribution is 0.0546. The van der Waals surface area contributed by atoms with Crippen LogP contribution in [0.1, 0.15) is 20.8 Å². The van der Waals surface area contributed by atoms with Crippen molar-refractivity contribution in [2.45, 2.75) is 26.4 Å². The number of benzene rings is 1. The van der Waals surface area contributed by atoms with Crippen LogP contribution in [0.3, 0.4) is 0 Å². The van der Waals surface area contributed by atoms with Crippen molar-refractivity contribution in [2.75, 3.05) is 0 Å². The first-order chi connectivity index (χ1) is 13.3. The summed E-state index contributed by atoms with van der Waals surface area (Å²) in [7, 11) is 0. The highest BCUT2D eigenvalue weighted by Gasteiger charge is 2.24. The number of carbonyl (C=O) groups is 1. The molecule has 0 atom stereocenters. The maximum absolute atomic E-state index is 12.9. The van der Waals surface area contributed by atoms with Gasteiger partial charge in [-0.1, -0.05) is 24.3 Å². The van der Waals surface area contributed by atoms with E-state index in [1.165, 1.54) is 11.0 Å². The molecule has 0 aliphatic carbocycles. The van der Waals surface area contributed by atoms with Crippen molar-refractivity contribution in [3.63, 3.8) is 0 Å². The number of pyridine rings is 1. The number of hydrogen-bond acceptors (Lipinski definition) is 6. The Morgan fingerprint density at radius 3 is 2.50 bits per heavy atom. The topological polar surface area (TPSA) is 83.0 Å². The van der Waals surface area contributed by atoms with Gasteiger partial charge >= 0.3 is 6.09 Å². The maximum atomic E-state index is 12.9. The van der Waals surface area contributed by atoms with Crippen molar-refractivity contribution < 1.29 is 13.9 Å². The molecule has 3 aromatic heterocycles. The van der Waals surface area contributed by atoms with Crippen LogP contribution in [0.15, 0.2) is 58.0 Å². The molecule has 3 heterocycles. The largest absolute Gasteiger partial charge is 0.444 e. The third-order valence-corrected chi connectivity index (χ3v) is 4.35. The van der Waals surface area contributed by atoms with E-state index in [0.29, 0.717) is 22.7 Å². The van der Waals surface area contributed by atoms with E-state index in [4.69, 9.17) is 9.15 Å². The monoisotopic (exact) mass is 440 g/mol. The van der Waals surface area contributed by atoms with Crippen molar-refractivity contribution in [1.29, 1.82) is 0 Å². The van der Waals surface area contributed by atoms with Crippen molar-refractivity contribution >= 4 is 33.2 Å². The van der Waals surface area contributed by atoms with Crippen molar-refractivity contribution in [3.8, 4) is 22.7 Å². The average molecular weight is 441 g/mol. The smallest absolute Gasteiger partial charge is 0.420 e. The van der Waals surface area contributed by atoms with E-state index < -0.39 is 11.7 Å². The van der Waals surface area contributed by atoms with Gasteiger partial charge in [0, 0.05) is 21.8 Å². The number of nitrogens with zero attached hydrogens (tertiary/aromatic N) is 4. The van der Waals surface area contributed by atoms with E-state index in [0.717, 1.165) is 15.6 Å². The third kappa shape index (κ3) is 3.55. The van der Waals surface area contributed by atoms with Crippen LogP contribution in [0.4, 0.5) is 4.79 Å². The molecule has 4 aromatic rings. The Hall–Kier alpha value is -3.00. The minimum absolute atomic E-state index is 0.457. The summed E-state index contributed by atoms with van der Waals surface area (Å²) in [5, 5.41) is 0. The molecule has 28 heavy (non-hydrogen) atoms. The number of imidazole rings is 1. The summed E-state index contributed by atoms with van der Waals surface area (Å²) in [5.74, 6) is 1.12. The predicted octanol–water partition coefficient (Wildman–Crippen LogP) is 5.30. The van der Waals surface area contributed by atoms with Gasteiger partial charge in [0.2, 0.25) is 0 Å². The fourth-order valence-electron chi connectivity index (χ4n) is 2.76. The molecule has 0 aliphatic rings. The van der Waals surface area contributed by atoms with Crippen molar-refractivity contribution in [2.24, 2.45) is 0 Å². The van der Waals surface area contributed by atoms with E-state index in [9.17, 15) is 4.79 Å². The van der Waals surface area contributed by atoms with Crippen LogP contribution in [-0.2, 0) is 4.74 Å². The molecule has 0 radical (unpaired) electrons. The summed E-state index contributed by atoms with van der Waals surface area (Å²) in [6, 6.07) is 9.31. The molecule has 0 spiro atoms. The molecule has 142 valence electrons. The summed E-state index contributed by atoms with van der Waals surface area (Å²) in [5.41, 5.74) is 2.02. The number of ether oxygens (including phenoxy) is 1. The number of carbonyl (C=O) groups excluding carboxylic acids is 1. The molecule has 4 rings (SSSR count). The van der Waals surface area contributed by atoms with Crippen LogP contribution >= 0.6 is 15.9 Å². The zero-order valence-corrected chi connectivity index (χ0v) is 17.1. The van der Waals surface area contributed by atoms with Gasteiger partial charge in [-0.15, -0.1) is 0 Å².